The van der Waals surface area contributed by atoms with E-state index in [1.54, 1.807) is 15.8 Å². The van der Waals surface area contributed by atoms with Crippen LogP contribution in [0.1, 0.15) is 25.6 Å². The van der Waals surface area contributed by atoms with Crippen LogP contribution >= 0.6 is 11.3 Å². The highest BCUT2D eigenvalue weighted by Gasteiger charge is 2.34. The van der Waals surface area contributed by atoms with E-state index >= 15 is 0 Å². The van der Waals surface area contributed by atoms with E-state index in [1.807, 2.05) is 6.92 Å². The maximum Gasteiger partial charge on any atom is 0.244 e. The minimum Gasteiger partial charge on any atom is -0.312 e. The lowest BCUT2D eigenvalue weighted by Crippen LogP contribution is -2.56. The minimum absolute atomic E-state index is 0.239. The lowest BCUT2D eigenvalue weighted by atomic mass is 10.1. The van der Waals surface area contributed by atoms with Crippen molar-refractivity contribution in [3.63, 3.8) is 0 Å². The molecule has 1 aromatic heterocycles. The van der Waals surface area contributed by atoms with Crippen molar-refractivity contribution in [3.05, 3.63) is 16.3 Å². The summed E-state index contributed by atoms with van der Waals surface area (Å²) in [5.74, 6) is 0. The Hall–Kier alpha value is -0.470. The summed E-state index contributed by atoms with van der Waals surface area (Å²) in [7, 11) is -1.31. The molecule has 0 spiro atoms. The summed E-state index contributed by atoms with van der Waals surface area (Å²) in [6.07, 6.45) is 0. The number of likely N-dealkylation sites (N-methyl/N-ethyl adjacent to an activating group) is 1. The van der Waals surface area contributed by atoms with Crippen LogP contribution in [0.25, 0.3) is 0 Å². The quantitative estimate of drug-likeness (QED) is 0.890. The van der Waals surface area contributed by atoms with E-state index in [9.17, 15) is 8.42 Å². The van der Waals surface area contributed by atoms with E-state index in [-0.39, 0.29) is 12.1 Å². The zero-order chi connectivity index (χ0) is 15.6. The Morgan fingerprint density at radius 3 is 2.52 bits per heavy atom. The molecule has 7 heteroatoms. The lowest BCUT2D eigenvalue weighted by molar-refractivity contribution is 0.105. The van der Waals surface area contributed by atoms with Crippen LogP contribution < -0.4 is 5.32 Å². The Morgan fingerprint density at radius 1 is 1.33 bits per heavy atom. The first-order chi connectivity index (χ1) is 9.86. The second-order valence-corrected chi connectivity index (χ2v) is 8.65. The standard InChI is InChI=1S/C14H25N3O2S2/c1-5-15-7-13-6-14(10-20-13)21(18,19)17-8-11(2)16(4)12(3)9-17/h6,10-12,15H,5,7-9H2,1-4H3. The predicted octanol–water partition coefficient (Wildman–Crippen LogP) is 1.57. The van der Waals surface area contributed by atoms with Crippen molar-refractivity contribution >= 4 is 21.4 Å². The zero-order valence-corrected chi connectivity index (χ0v) is 14.8. The summed E-state index contributed by atoms with van der Waals surface area (Å²) in [6.45, 7) is 8.91. The Balaban J connectivity index is 2.16. The third-order valence-corrected chi connectivity index (χ3v) is 7.04. The van der Waals surface area contributed by atoms with Gasteiger partial charge in [0.1, 0.15) is 0 Å². The minimum atomic E-state index is -3.37. The van der Waals surface area contributed by atoms with Crippen LogP contribution in [-0.2, 0) is 16.6 Å². The summed E-state index contributed by atoms with van der Waals surface area (Å²) in [4.78, 5) is 3.73. The normalized spacial score (nSPS) is 25.3. The molecule has 2 heterocycles. The molecular formula is C14H25N3O2S2. The van der Waals surface area contributed by atoms with E-state index in [0.29, 0.717) is 18.0 Å². The number of nitrogens with one attached hydrogen (secondary N) is 1. The number of rotatable bonds is 5. The summed E-state index contributed by atoms with van der Waals surface area (Å²) in [5, 5.41) is 4.98. The molecule has 1 saturated heterocycles. The number of hydrogen-bond donors (Lipinski definition) is 1. The SMILES string of the molecule is CCNCc1cc(S(=O)(=O)N2CC(C)N(C)C(C)C2)cs1. The van der Waals surface area contributed by atoms with Crippen molar-refractivity contribution in [3.8, 4) is 0 Å². The number of piperazine rings is 1. The molecule has 0 radical (unpaired) electrons. The smallest absolute Gasteiger partial charge is 0.244 e. The maximum absolute atomic E-state index is 12.8. The van der Waals surface area contributed by atoms with E-state index in [2.05, 4.69) is 31.1 Å². The van der Waals surface area contributed by atoms with Gasteiger partial charge in [0.2, 0.25) is 10.0 Å². The molecule has 5 nitrogen and oxygen atoms in total. The third-order valence-electron chi connectivity index (χ3n) is 4.14. The number of sulfonamides is 1. The largest absolute Gasteiger partial charge is 0.312 e. The molecule has 21 heavy (non-hydrogen) atoms. The molecule has 1 N–H and O–H groups in total. The monoisotopic (exact) mass is 331 g/mol. The van der Waals surface area contributed by atoms with E-state index in [4.69, 9.17) is 0 Å². The van der Waals surface area contributed by atoms with Crippen LogP contribution in [0.2, 0.25) is 0 Å². The Morgan fingerprint density at radius 2 is 1.95 bits per heavy atom. The van der Waals surface area contributed by atoms with Gasteiger partial charge >= 0.3 is 0 Å². The fourth-order valence-electron chi connectivity index (χ4n) is 2.54. The van der Waals surface area contributed by atoms with E-state index in [0.717, 1.165) is 18.0 Å². The highest BCUT2D eigenvalue weighted by atomic mass is 32.2. The molecular weight excluding hydrogens is 306 g/mol. The second-order valence-electron chi connectivity index (χ2n) is 5.71. The van der Waals surface area contributed by atoms with Gasteiger partial charge in [-0.1, -0.05) is 6.92 Å². The van der Waals surface area contributed by atoms with Crippen molar-refractivity contribution in [2.24, 2.45) is 0 Å². The Kier molecular flexibility index (Phi) is 5.43. The molecule has 0 saturated carbocycles. The molecule has 0 amide bonds. The van der Waals surface area contributed by atoms with Crippen LogP contribution in [0.4, 0.5) is 0 Å². The molecule has 1 aromatic rings. The van der Waals surface area contributed by atoms with Gasteiger partial charge in [-0.2, -0.15) is 4.31 Å². The van der Waals surface area contributed by atoms with Gasteiger partial charge < -0.3 is 5.32 Å². The van der Waals surface area contributed by atoms with Crippen molar-refractivity contribution in [2.75, 3.05) is 26.7 Å². The summed E-state index contributed by atoms with van der Waals surface area (Å²) >= 11 is 1.50. The molecule has 1 fully saturated rings. The summed E-state index contributed by atoms with van der Waals surface area (Å²) < 4.78 is 27.2. The van der Waals surface area contributed by atoms with Crippen molar-refractivity contribution in [1.82, 2.24) is 14.5 Å². The highest BCUT2D eigenvalue weighted by Crippen LogP contribution is 2.25. The maximum atomic E-state index is 12.8. The van der Waals surface area contributed by atoms with Crippen LogP contribution in [0, 0.1) is 0 Å². The van der Waals surface area contributed by atoms with Crippen molar-refractivity contribution < 1.29 is 8.42 Å². The molecule has 2 unspecified atom stereocenters. The molecule has 0 bridgehead atoms. The highest BCUT2D eigenvalue weighted by molar-refractivity contribution is 7.89. The van der Waals surface area contributed by atoms with Gasteiger partial charge in [0, 0.05) is 42.0 Å². The molecule has 2 atom stereocenters. The number of nitrogens with zero attached hydrogens (tertiary/aromatic N) is 2. The molecule has 1 aliphatic heterocycles. The van der Waals surface area contributed by atoms with Crippen molar-refractivity contribution in [2.45, 2.75) is 44.3 Å². The average molecular weight is 332 g/mol. The second kappa shape index (κ2) is 6.75. The van der Waals surface area contributed by atoms with Crippen LogP contribution in [0.15, 0.2) is 16.3 Å². The Labute approximate surface area is 132 Å². The first kappa shape index (κ1) is 16.9. The lowest BCUT2D eigenvalue weighted by Gasteiger charge is -2.41. The molecule has 1 aliphatic rings. The van der Waals surface area contributed by atoms with Crippen molar-refractivity contribution in [1.29, 1.82) is 0 Å². The van der Waals surface area contributed by atoms with Gasteiger partial charge in [-0.3, -0.25) is 4.90 Å². The van der Waals surface area contributed by atoms with Gasteiger partial charge in [-0.15, -0.1) is 11.3 Å². The predicted molar refractivity (Wildman–Crippen MR) is 87.1 cm³/mol. The molecule has 0 aliphatic carbocycles. The average Bonchev–Trinajstić information content (AvgIpc) is 2.91. The van der Waals surface area contributed by atoms with Gasteiger partial charge in [0.15, 0.2) is 0 Å². The van der Waals surface area contributed by atoms with Crippen LogP contribution in [-0.4, -0.2) is 56.4 Å². The summed E-state index contributed by atoms with van der Waals surface area (Å²) in [5.41, 5.74) is 0. The molecule has 2 rings (SSSR count). The van der Waals surface area contributed by atoms with E-state index in [1.165, 1.54) is 11.3 Å². The van der Waals surface area contributed by atoms with Gasteiger partial charge in [-0.25, -0.2) is 8.42 Å². The number of hydrogen-bond acceptors (Lipinski definition) is 5. The van der Waals surface area contributed by atoms with Crippen LogP contribution in [0.5, 0.6) is 0 Å². The first-order valence-electron chi connectivity index (χ1n) is 7.36. The van der Waals surface area contributed by atoms with Gasteiger partial charge in [0.05, 0.1) is 4.90 Å². The summed E-state index contributed by atoms with van der Waals surface area (Å²) in [6, 6.07) is 2.28. The topological polar surface area (TPSA) is 52.7 Å². The Bertz CT molecular complexity index is 559. The molecule has 0 aromatic carbocycles. The van der Waals surface area contributed by atoms with Crippen LogP contribution in [0.3, 0.4) is 0 Å². The number of thiophene rings is 1. The zero-order valence-electron chi connectivity index (χ0n) is 13.2. The first-order valence-corrected chi connectivity index (χ1v) is 9.68. The third kappa shape index (κ3) is 3.65. The fourth-order valence-corrected chi connectivity index (χ4v) is 5.37. The van der Waals surface area contributed by atoms with Gasteiger partial charge in [0.25, 0.3) is 0 Å². The van der Waals surface area contributed by atoms with Gasteiger partial charge in [-0.05, 0) is 33.5 Å². The van der Waals surface area contributed by atoms with E-state index < -0.39 is 10.0 Å². The fraction of sp³-hybridized carbons (Fsp3) is 0.714. The molecule has 120 valence electrons.